The van der Waals surface area contributed by atoms with Crippen molar-refractivity contribution in [3.63, 3.8) is 0 Å². The molecule has 0 atom stereocenters. The minimum absolute atomic E-state index is 0.113. The average Bonchev–Trinajstić information content (AvgIpc) is 3.31. The zero-order chi connectivity index (χ0) is 22.5. The zero-order valence-electron chi connectivity index (χ0n) is 17.6. The Kier molecular flexibility index (Phi) is 6.12. The summed E-state index contributed by atoms with van der Waals surface area (Å²) in [6.45, 7) is 1.60. The molecule has 160 valence electrons. The van der Waals surface area contributed by atoms with Crippen molar-refractivity contribution in [3.05, 3.63) is 113 Å². The van der Waals surface area contributed by atoms with E-state index in [-0.39, 0.29) is 23.5 Å². The summed E-state index contributed by atoms with van der Waals surface area (Å²) in [6.07, 6.45) is 3.35. The SMILES string of the molecule is Cc1ccc(O)c(C(=O)c2cnn(C(=O)COc3ccccc3Cc3ccccc3)c2)c1. The molecule has 0 aliphatic heterocycles. The Morgan fingerprint density at radius 1 is 1.00 bits per heavy atom. The van der Waals surface area contributed by atoms with Crippen LogP contribution in [0.25, 0.3) is 0 Å². The van der Waals surface area contributed by atoms with Gasteiger partial charge < -0.3 is 9.84 Å². The van der Waals surface area contributed by atoms with Crippen LogP contribution < -0.4 is 4.74 Å². The number of hydrogen-bond donors (Lipinski definition) is 1. The number of phenolic OH excluding ortho intramolecular Hbond substituents is 1. The van der Waals surface area contributed by atoms with Crippen LogP contribution in [-0.4, -0.2) is 33.2 Å². The summed E-state index contributed by atoms with van der Waals surface area (Å²) in [4.78, 5) is 25.3. The number of nitrogens with zero attached hydrogens (tertiary/aromatic N) is 2. The van der Waals surface area contributed by atoms with Crippen molar-refractivity contribution in [3.8, 4) is 11.5 Å². The molecule has 0 saturated heterocycles. The lowest BCUT2D eigenvalue weighted by atomic mass is 10.0. The first-order chi connectivity index (χ1) is 15.5. The predicted molar refractivity (Wildman–Crippen MR) is 120 cm³/mol. The second-order valence-electron chi connectivity index (χ2n) is 7.48. The topological polar surface area (TPSA) is 81.4 Å². The zero-order valence-corrected chi connectivity index (χ0v) is 17.6. The van der Waals surface area contributed by atoms with Crippen LogP contribution >= 0.6 is 0 Å². The van der Waals surface area contributed by atoms with E-state index in [1.54, 1.807) is 12.1 Å². The third-order valence-electron chi connectivity index (χ3n) is 5.06. The first kappa shape index (κ1) is 21.1. The Labute approximate surface area is 185 Å². The molecule has 6 nitrogen and oxygen atoms in total. The van der Waals surface area contributed by atoms with E-state index >= 15 is 0 Å². The smallest absolute Gasteiger partial charge is 0.284 e. The highest BCUT2D eigenvalue weighted by Crippen LogP contribution is 2.23. The summed E-state index contributed by atoms with van der Waals surface area (Å²) in [6, 6.07) is 22.4. The summed E-state index contributed by atoms with van der Waals surface area (Å²) in [5.41, 5.74) is 3.34. The van der Waals surface area contributed by atoms with E-state index in [2.05, 4.69) is 5.10 Å². The molecule has 4 rings (SSSR count). The molecule has 0 saturated carbocycles. The number of para-hydroxylation sites is 1. The van der Waals surface area contributed by atoms with E-state index in [9.17, 15) is 14.7 Å². The normalized spacial score (nSPS) is 10.7. The van der Waals surface area contributed by atoms with Gasteiger partial charge in [-0.1, -0.05) is 60.2 Å². The number of ether oxygens (including phenoxy) is 1. The van der Waals surface area contributed by atoms with E-state index in [0.717, 1.165) is 21.4 Å². The Morgan fingerprint density at radius 3 is 2.56 bits per heavy atom. The number of aryl methyl sites for hydroxylation is 1. The number of benzene rings is 3. The number of ketones is 1. The van der Waals surface area contributed by atoms with Crippen LogP contribution in [0.3, 0.4) is 0 Å². The van der Waals surface area contributed by atoms with Gasteiger partial charge >= 0.3 is 0 Å². The summed E-state index contributed by atoms with van der Waals surface area (Å²) < 4.78 is 6.86. The number of rotatable bonds is 7. The van der Waals surface area contributed by atoms with E-state index in [1.807, 2.05) is 61.5 Å². The van der Waals surface area contributed by atoms with Crippen molar-refractivity contribution in [2.24, 2.45) is 0 Å². The first-order valence-corrected chi connectivity index (χ1v) is 10.2. The molecule has 0 amide bonds. The number of phenols is 1. The van der Waals surface area contributed by atoms with Gasteiger partial charge in [0.05, 0.1) is 17.3 Å². The highest BCUT2D eigenvalue weighted by molar-refractivity contribution is 6.10. The van der Waals surface area contributed by atoms with E-state index in [0.29, 0.717) is 12.2 Å². The van der Waals surface area contributed by atoms with Gasteiger partial charge in [0.2, 0.25) is 0 Å². The lowest BCUT2D eigenvalue weighted by Crippen LogP contribution is -2.20. The quantitative estimate of drug-likeness (QED) is 0.442. The Hall–Kier alpha value is -4.19. The summed E-state index contributed by atoms with van der Waals surface area (Å²) in [5.74, 6) is -0.303. The van der Waals surface area contributed by atoms with Crippen LogP contribution in [0.1, 0.15) is 37.4 Å². The minimum atomic E-state index is -0.410. The molecule has 1 heterocycles. The molecule has 4 aromatic rings. The van der Waals surface area contributed by atoms with Crippen molar-refractivity contribution < 1.29 is 19.4 Å². The van der Waals surface area contributed by atoms with Gasteiger partial charge in [-0.15, -0.1) is 0 Å². The third-order valence-corrected chi connectivity index (χ3v) is 5.06. The van der Waals surface area contributed by atoms with Crippen LogP contribution in [0.4, 0.5) is 0 Å². The second kappa shape index (κ2) is 9.31. The molecule has 0 bridgehead atoms. The van der Waals surface area contributed by atoms with Gasteiger partial charge in [0.25, 0.3) is 5.91 Å². The highest BCUT2D eigenvalue weighted by Gasteiger charge is 2.18. The van der Waals surface area contributed by atoms with Gasteiger partial charge in [0.1, 0.15) is 11.5 Å². The number of aromatic hydroxyl groups is 1. The fourth-order valence-electron chi connectivity index (χ4n) is 3.38. The monoisotopic (exact) mass is 426 g/mol. The molecule has 32 heavy (non-hydrogen) atoms. The highest BCUT2D eigenvalue weighted by atomic mass is 16.5. The molecule has 0 unspecified atom stereocenters. The van der Waals surface area contributed by atoms with E-state index < -0.39 is 11.7 Å². The lowest BCUT2D eigenvalue weighted by molar-refractivity contribution is 0.0820. The Bertz CT molecular complexity index is 1260. The molecule has 0 spiro atoms. The fourth-order valence-corrected chi connectivity index (χ4v) is 3.38. The summed E-state index contributed by atoms with van der Waals surface area (Å²) in [5, 5.41) is 14.0. The second-order valence-corrected chi connectivity index (χ2v) is 7.48. The van der Waals surface area contributed by atoms with Gasteiger partial charge in [0.15, 0.2) is 12.4 Å². The van der Waals surface area contributed by atoms with Crippen LogP contribution in [0.2, 0.25) is 0 Å². The van der Waals surface area contributed by atoms with Crippen LogP contribution in [-0.2, 0) is 6.42 Å². The van der Waals surface area contributed by atoms with Gasteiger partial charge in [-0.3, -0.25) is 9.59 Å². The molecule has 3 aromatic carbocycles. The average molecular weight is 426 g/mol. The fraction of sp³-hybridized carbons (Fsp3) is 0.115. The van der Waals surface area contributed by atoms with Crippen molar-refractivity contribution in [2.45, 2.75) is 13.3 Å². The molecule has 1 N–H and O–H groups in total. The molecule has 1 aromatic heterocycles. The molecular weight excluding hydrogens is 404 g/mol. The summed E-state index contributed by atoms with van der Waals surface area (Å²) in [7, 11) is 0. The Morgan fingerprint density at radius 2 is 1.75 bits per heavy atom. The van der Waals surface area contributed by atoms with Gasteiger partial charge in [-0.2, -0.15) is 5.10 Å². The molecule has 0 radical (unpaired) electrons. The molecule has 0 fully saturated rings. The molecule has 0 aliphatic rings. The number of hydrogen-bond acceptors (Lipinski definition) is 5. The largest absolute Gasteiger partial charge is 0.507 e. The van der Waals surface area contributed by atoms with Gasteiger partial charge in [-0.05, 0) is 36.2 Å². The van der Waals surface area contributed by atoms with Crippen LogP contribution in [0.15, 0.2) is 85.2 Å². The van der Waals surface area contributed by atoms with Gasteiger partial charge in [-0.25, -0.2) is 4.68 Å². The Balaban J connectivity index is 1.44. The molecule has 6 heteroatoms. The maximum absolute atomic E-state index is 12.7. The van der Waals surface area contributed by atoms with Crippen molar-refractivity contribution in [1.82, 2.24) is 9.78 Å². The van der Waals surface area contributed by atoms with E-state index in [1.165, 1.54) is 18.5 Å². The lowest BCUT2D eigenvalue weighted by Gasteiger charge is -2.11. The number of carbonyl (C=O) groups is 2. The maximum Gasteiger partial charge on any atom is 0.284 e. The van der Waals surface area contributed by atoms with Crippen LogP contribution in [0.5, 0.6) is 11.5 Å². The minimum Gasteiger partial charge on any atom is -0.507 e. The standard InChI is InChI=1S/C26H22N2O4/c1-18-11-12-23(29)22(13-18)26(31)21-15-27-28(16-21)25(30)17-32-24-10-6-5-9-20(24)14-19-7-3-2-4-8-19/h2-13,15-16,29H,14,17H2,1H3. The van der Waals surface area contributed by atoms with Crippen molar-refractivity contribution in [2.75, 3.05) is 6.61 Å². The van der Waals surface area contributed by atoms with Crippen LogP contribution in [0, 0.1) is 6.92 Å². The van der Waals surface area contributed by atoms with Crippen molar-refractivity contribution in [1.29, 1.82) is 0 Å². The number of carbonyl (C=O) groups excluding carboxylic acids is 2. The molecule has 0 aliphatic carbocycles. The summed E-state index contributed by atoms with van der Waals surface area (Å²) >= 11 is 0. The predicted octanol–water partition coefficient (Wildman–Crippen LogP) is 4.44. The molecular formula is C26H22N2O4. The van der Waals surface area contributed by atoms with Crippen molar-refractivity contribution >= 4 is 11.7 Å². The van der Waals surface area contributed by atoms with E-state index in [4.69, 9.17) is 4.74 Å². The van der Waals surface area contributed by atoms with Gasteiger partial charge in [0, 0.05) is 12.6 Å². The number of aromatic nitrogens is 2. The maximum atomic E-state index is 12.7. The first-order valence-electron chi connectivity index (χ1n) is 10.2. The third kappa shape index (κ3) is 4.75.